The molecule has 0 bridgehead atoms. The monoisotopic (exact) mass is 280 g/mol. The minimum atomic E-state index is -0.498. The lowest BCUT2D eigenvalue weighted by molar-refractivity contribution is 0.0519. The Balaban J connectivity index is 1.95. The van der Waals surface area contributed by atoms with Crippen molar-refractivity contribution in [3.8, 4) is 0 Å². The fourth-order valence-electron chi connectivity index (χ4n) is 1.48. The number of anilines is 1. The molecule has 100 valence electrons. The number of benzene rings is 1. The van der Waals surface area contributed by atoms with E-state index in [1.807, 2.05) is 18.2 Å². The Morgan fingerprint density at radius 1 is 1.53 bits per heavy atom. The van der Waals surface area contributed by atoms with Crippen LogP contribution in [0.3, 0.4) is 0 Å². The summed E-state index contributed by atoms with van der Waals surface area (Å²) in [5, 5.41) is 3.63. The van der Waals surface area contributed by atoms with Crippen LogP contribution in [0.1, 0.15) is 23.0 Å². The topological polar surface area (TPSA) is 64.4 Å². The molecule has 0 atom stereocenters. The quantitative estimate of drug-likeness (QED) is 0.853. The molecule has 6 heteroatoms. The standard InChI is InChI=1S/C13H13ClN2O3/c1-2-18-12(17)11-8-19-13(16-11)15-7-9-4-3-5-10(14)6-9/h3-6,8H,2,7H2,1H3,(H,15,16). The third-order valence-corrected chi connectivity index (χ3v) is 2.56. The van der Waals surface area contributed by atoms with E-state index < -0.39 is 5.97 Å². The predicted octanol–water partition coefficient (Wildman–Crippen LogP) is 3.12. The van der Waals surface area contributed by atoms with Crippen molar-refractivity contribution in [3.05, 3.63) is 46.8 Å². The van der Waals surface area contributed by atoms with E-state index in [0.717, 1.165) is 5.56 Å². The van der Waals surface area contributed by atoms with Crippen molar-refractivity contribution in [2.45, 2.75) is 13.5 Å². The highest BCUT2D eigenvalue weighted by Gasteiger charge is 2.12. The lowest BCUT2D eigenvalue weighted by Gasteiger charge is -2.02. The highest BCUT2D eigenvalue weighted by Crippen LogP contribution is 2.13. The summed E-state index contributed by atoms with van der Waals surface area (Å²) in [5.41, 5.74) is 1.14. The number of carbonyl (C=O) groups is 1. The van der Waals surface area contributed by atoms with Crippen molar-refractivity contribution in [2.24, 2.45) is 0 Å². The maximum atomic E-state index is 11.4. The van der Waals surface area contributed by atoms with Gasteiger partial charge >= 0.3 is 5.97 Å². The number of aromatic nitrogens is 1. The molecule has 19 heavy (non-hydrogen) atoms. The minimum Gasteiger partial charge on any atom is -0.461 e. The third kappa shape index (κ3) is 3.72. The smallest absolute Gasteiger partial charge is 0.360 e. The van der Waals surface area contributed by atoms with Gasteiger partial charge in [0.25, 0.3) is 6.01 Å². The van der Waals surface area contributed by atoms with Crippen LogP contribution in [0.4, 0.5) is 6.01 Å². The van der Waals surface area contributed by atoms with Crippen molar-refractivity contribution in [2.75, 3.05) is 11.9 Å². The second-order valence-corrected chi connectivity index (χ2v) is 4.18. The average molecular weight is 281 g/mol. The van der Waals surface area contributed by atoms with Gasteiger partial charge in [0.05, 0.1) is 6.61 Å². The molecular formula is C13H13ClN2O3. The highest BCUT2D eigenvalue weighted by molar-refractivity contribution is 6.30. The largest absolute Gasteiger partial charge is 0.461 e. The van der Waals surface area contributed by atoms with E-state index in [1.54, 1.807) is 13.0 Å². The highest BCUT2D eigenvalue weighted by atomic mass is 35.5. The van der Waals surface area contributed by atoms with Crippen molar-refractivity contribution in [3.63, 3.8) is 0 Å². The van der Waals surface area contributed by atoms with Crippen LogP contribution in [0, 0.1) is 0 Å². The van der Waals surface area contributed by atoms with Gasteiger partial charge in [-0.2, -0.15) is 4.98 Å². The summed E-state index contributed by atoms with van der Waals surface area (Å²) in [4.78, 5) is 15.4. The zero-order valence-electron chi connectivity index (χ0n) is 10.4. The van der Waals surface area contributed by atoms with Gasteiger partial charge in [0, 0.05) is 11.6 Å². The fraction of sp³-hybridized carbons (Fsp3) is 0.231. The molecule has 0 aliphatic carbocycles. The number of hydrogen-bond donors (Lipinski definition) is 1. The van der Waals surface area contributed by atoms with E-state index in [0.29, 0.717) is 18.2 Å². The van der Waals surface area contributed by atoms with Gasteiger partial charge in [0.2, 0.25) is 0 Å². The molecule has 0 aliphatic rings. The van der Waals surface area contributed by atoms with Gasteiger partial charge in [-0.05, 0) is 24.6 Å². The molecule has 2 rings (SSSR count). The lowest BCUT2D eigenvalue weighted by atomic mass is 10.2. The first kappa shape index (κ1) is 13.4. The molecule has 1 heterocycles. The van der Waals surface area contributed by atoms with Gasteiger partial charge in [-0.3, -0.25) is 0 Å². The molecule has 1 aromatic heterocycles. The normalized spacial score (nSPS) is 10.2. The molecule has 1 aromatic carbocycles. The van der Waals surface area contributed by atoms with Crippen LogP contribution in [0.2, 0.25) is 5.02 Å². The summed E-state index contributed by atoms with van der Waals surface area (Å²) in [6, 6.07) is 7.69. The van der Waals surface area contributed by atoms with Crippen molar-refractivity contribution < 1.29 is 13.9 Å². The molecule has 0 spiro atoms. The Hall–Kier alpha value is -2.01. The summed E-state index contributed by atoms with van der Waals surface area (Å²) < 4.78 is 9.94. The summed E-state index contributed by atoms with van der Waals surface area (Å²) in [6.07, 6.45) is 1.26. The van der Waals surface area contributed by atoms with Crippen LogP contribution >= 0.6 is 11.6 Å². The second-order valence-electron chi connectivity index (χ2n) is 3.74. The molecule has 2 aromatic rings. The van der Waals surface area contributed by atoms with Crippen molar-refractivity contribution in [1.82, 2.24) is 4.98 Å². The maximum absolute atomic E-state index is 11.4. The van der Waals surface area contributed by atoms with E-state index in [2.05, 4.69) is 10.3 Å². The number of esters is 1. The average Bonchev–Trinajstić information content (AvgIpc) is 2.86. The Morgan fingerprint density at radius 3 is 3.11 bits per heavy atom. The first-order valence-electron chi connectivity index (χ1n) is 5.80. The van der Waals surface area contributed by atoms with Gasteiger partial charge in [-0.15, -0.1) is 0 Å². The molecular weight excluding hydrogens is 268 g/mol. The molecule has 0 aliphatic heterocycles. The molecule has 5 nitrogen and oxygen atoms in total. The zero-order valence-corrected chi connectivity index (χ0v) is 11.1. The van der Waals surface area contributed by atoms with E-state index in [9.17, 15) is 4.79 Å². The van der Waals surface area contributed by atoms with E-state index >= 15 is 0 Å². The van der Waals surface area contributed by atoms with E-state index in [-0.39, 0.29) is 11.7 Å². The number of ether oxygens (including phenoxy) is 1. The number of rotatable bonds is 5. The third-order valence-electron chi connectivity index (χ3n) is 2.32. The molecule has 0 saturated carbocycles. The van der Waals surface area contributed by atoms with Gasteiger partial charge in [0.15, 0.2) is 5.69 Å². The SMILES string of the molecule is CCOC(=O)c1coc(NCc2cccc(Cl)c2)n1. The number of halogens is 1. The predicted molar refractivity (Wildman–Crippen MR) is 71.2 cm³/mol. The van der Waals surface area contributed by atoms with Crippen LogP contribution in [0.5, 0.6) is 0 Å². The number of oxazole rings is 1. The van der Waals surface area contributed by atoms with Gasteiger partial charge in [-0.1, -0.05) is 23.7 Å². The van der Waals surface area contributed by atoms with Crippen LogP contribution in [0.25, 0.3) is 0 Å². The number of nitrogens with zero attached hydrogens (tertiary/aromatic N) is 1. The van der Waals surface area contributed by atoms with Crippen LogP contribution in [-0.2, 0) is 11.3 Å². The first-order chi connectivity index (χ1) is 9.19. The maximum Gasteiger partial charge on any atom is 0.360 e. The summed E-state index contributed by atoms with van der Waals surface area (Å²) >= 11 is 5.88. The van der Waals surface area contributed by atoms with Gasteiger partial charge < -0.3 is 14.5 Å². The molecule has 0 saturated heterocycles. The molecule has 0 fully saturated rings. The molecule has 0 unspecified atom stereocenters. The summed E-state index contributed by atoms with van der Waals surface area (Å²) in [7, 11) is 0. The van der Waals surface area contributed by atoms with Crippen LogP contribution < -0.4 is 5.32 Å². The van der Waals surface area contributed by atoms with E-state index in [1.165, 1.54) is 6.26 Å². The molecule has 0 radical (unpaired) electrons. The second kappa shape index (κ2) is 6.24. The van der Waals surface area contributed by atoms with Crippen molar-refractivity contribution in [1.29, 1.82) is 0 Å². The Bertz CT molecular complexity index is 569. The molecule has 0 amide bonds. The first-order valence-corrected chi connectivity index (χ1v) is 6.18. The Kier molecular flexibility index (Phi) is 4.41. The summed E-state index contributed by atoms with van der Waals surface area (Å²) in [6.45, 7) is 2.54. The summed E-state index contributed by atoms with van der Waals surface area (Å²) in [5.74, 6) is -0.498. The zero-order chi connectivity index (χ0) is 13.7. The Labute approximate surface area is 115 Å². The number of nitrogens with one attached hydrogen (secondary N) is 1. The Morgan fingerprint density at radius 2 is 2.37 bits per heavy atom. The number of hydrogen-bond acceptors (Lipinski definition) is 5. The minimum absolute atomic E-state index is 0.149. The van der Waals surface area contributed by atoms with Crippen molar-refractivity contribution >= 4 is 23.6 Å². The van der Waals surface area contributed by atoms with Gasteiger partial charge in [-0.25, -0.2) is 4.79 Å². The van der Waals surface area contributed by atoms with Crippen LogP contribution in [-0.4, -0.2) is 17.6 Å². The lowest BCUT2D eigenvalue weighted by Crippen LogP contribution is -2.05. The van der Waals surface area contributed by atoms with E-state index in [4.69, 9.17) is 20.8 Å². The fourth-order valence-corrected chi connectivity index (χ4v) is 1.69. The van der Waals surface area contributed by atoms with Crippen LogP contribution in [0.15, 0.2) is 34.9 Å². The number of carbonyl (C=O) groups excluding carboxylic acids is 1. The van der Waals surface area contributed by atoms with Gasteiger partial charge in [0.1, 0.15) is 6.26 Å². The molecule has 1 N–H and O–H groups in total.